The summed E-state index contributed by atoms with van der Waals surface area (Å²) in [7, 11) is 0. The molecular weight excluding hydrogens is 1600 g/mol. The maximum atomic E-state index is 14.6. The number of amides is 16. The number of phenolic OH excluding ortho intramolecular Hbond substituents is 1. The van der Waals surface area contributed by atoms with Gasteiger partial charge in [-0.1, -0.05) is 46.2 Å². The molecule has 17 atom stereocenters. The number of benzene rings is 1. The third-order valence-corrected chi connectivity index (χ3v) is 18.9. The highest BCUT2D eigenvalue weighted by Crippen LogP contribution is 2.20. The second-order valence-corrected chi connectivity index (χ2v) is 29.2. The summed E-state index contributed by atoms with van der Waals surface area (Å²) in [5.74, 6) is -22.8. The maximum Gasteiger partial charge on any atom is 0.326 e. The number of hydrogen-bond acceptors (Lipinski definition) is 26. The van der Waals surface area contributed by atoms with E-state index in [2.05, 4.69) is 104 Å². The Morgan fingerprint density at radius 3 is 1.42 bits per heavy atom. The van der Waals surface area contributed by atoms with E-state index < -0.39 is 259 Å². The lowest BCUT2D eigenvalue weighted by molar-refractivity contribution is -0.144. The highest BCUT2D eigenvalue weighted by molar-refractivity contribution is 7.80. The number of carboxylic acid groups (broad SMARTS) is 2. The number of likely N-dealkylation sites (tertiary alicyclic amines) is 1. The van der Waals surface area contributed by atoms with Crippen molar-refractivity contribution in [2.75, 3.05) is 37.7 Å². The monoisotopic (exact) mass is 1710 g/mol. The highest BCUT2D eigenvalue weighted by Gasteiger charge is 2.41. The van der Waals surface area contributed by atoms with E-state index in [1.54, 1.807) is 27.7 Å². The SMILES string of the molecule is CC[C@H](C)[C@H](NC(=O)[C@H](CS)NC(=O)[C@@H]1CCCN1C(=O)CNC(=O)[C@H](CCCN=C(N)N)NC(=O)[C@H](Cc1ccc(O)cc1)NC(=O)[C@@H](NC(=O)[C@H](CC(N)=O)NC(=O)[C@H](C)NC(=O)[C@H](CC(C)C)NC(=O)[C@H](CC(N)=O)NC(=O)[C@H](CCC(=O)O)NC(=O)[C@H](CS)NC(=O)[C@@H](NC(=O)[C@@H](N)CCCN=C(N)N)[C@@H](C)O)[C@@H](C)O)C(=O)O. The van der Waals surface area contributed by atoms with Crippen molar-refractivity contribution in [3.8, 4) is 5.75 Å². The van der Waals surface area contributed by atoms with Crippen molar-refractivity contribution in [2.45, 2.75) is 229 Å². The van der Waals surface area contributed by atoms with Crippen LogP contribution in [0.2, 0.25) is 0 Å². The van der Waals surface area contributed by atoms with E-state index in [0.717, 1.165) is 25.7 Å². The van der Waals surface area contributed by atoms with Gasteiger partial charge in [-0.05, 0) is 102 Å². The minimum absolute atomic E-state index is 0.00799. The Morgan fingerprint density at radius 2 is 0.924 bits per heavy atom. The maximum absolute atomic E-state index is 14.6. The summed E-state index contributed by atoms with van der Waals surface area (Å²) in [6.07, 6.45) is -6.67. The molecule has 0 radical (unpaired) electrons. The average molecular weight is 1710 g/mol. The van der Waals surface area contributed by atoms with E-state index in [-0.39, 0.29) is 87.1 Å². The van der Waals surface area contributed by atoms with Gasteiger partial charge in [-0.15, -0.1) is 0 Å². The summed E-state index contributed by atoms with van der Waals surface area (Å²) >= 11 is 8.27. The Kier molecular flexibility index (Phi) is 44.9. The van der Waals surface area contributed by atoms with Crippen molar-refractivity contribution in [1.82, 2.24) is 74.0 Å². The number of nitrogens with one attached hydrogen (secondary N) is 13. The number of carboxylic acids is 2. The number of thiol groups is 2. The fourth-order valence-corrected chi connectivity index (χ4v) is 12.0. The summed E-state index contributed by atoms with van der Waals surface area (Å²) < 4.78 is 0. The lowest BCUT2D eigenvalue weighted by atomic mass is 9.99. The number of guanidine groups is 2. The molecule has 118 heavy (non-hydrogen) atoms. The Hall–Kier alpha value is -11.4. The van der Waals surface area contributed by atoms with E-state index >= 15 is 0 Å². The number of aromatic hydroxyl groups is 1. The standard InChI is InChI=1S/C70H115N23O23S2/c1-8-32(4)52(68(115)116)90-64(111)46(30-118)88-65(112)47-14-11-23-93(47)50(99)28-80-57(104)39(13-10-22-79-70(76)77)82-60(107)42(25-36-15-17-37(96)18-16-36)87-66(113)54(35(7)95)92-62(109)44(27-49(73)98)84-55(102)33(5)81-59(106)41(24-31(2)3)85-61(108)43(26-48(72)97)86-58(105)40(19-20-51(100)101)83-63(110)45(29-117)89-67(114)53(34(6)94)91-56(103)38(71)12-9-21-78-69(74)75/h15-18,31-35,38-47,52-54,94-96,117-118H,8-14,19-30,71H2,1-7H3,(H2,72,97)(H2,73,98)(H,80,104)(H,81,106)(H,82,107)(H,83,110)(H,84,102)(H,85,108)(H,86,105)(H,87,113)(H,88,112)(H,89,114)(H,90,111)(H,91,103)(H,92,109)(H,100,101)(H,115,116)(H4,74,75,78)(H4,76,77,79)/t32-,33-,34+,35+,38-,39-,40-,41-,42-,43-,44-,45-,46-,47-,52-,53-,54-/m0/s1. The van der Waals surface area contributed by atoms with Crippen molar-refractivity contribution >= 4 is 144 Å². The van der Waals surface area contributed by atoms with E-state index in [1.165, 1.54) is 24.3 Å². The van der Waals surface area contributed by atoms with E-state index in [4.69, 9.17) is 40.1 Å². The molecule has 1 saturated heterocycles. The molecule has 0 bridgehead atoms. The molecule has 48 heteroatoms. The van der Waals surface area contributed by atoms with E-state index in [9.17, 15) is 112 Å². The van der Waals surface area contributed by atoms with Crippen LogP contribution >= 0.6 is 25.3 Å². The molecule has 1 aliphatic heterocycles. The minimum Gasteiger partial charge on any atom is -0.508 e. The molecule has 660 valence electrons. The van der Waals surface area contributed by atoms with Gasteiger partial charge in [0.2, 0.25) is 94.5 Å². The number of hydrogen-bond donors (Lipinski definition) is 27. The molecule has 0 spiro atoms. The van der Waals surface area contributed by atoms with Crippen LogP contribution < -0.4 is 109 Å². The smallest absolute Gasteiger partial charge is 0.326 e. The summed E-state index contributed by atoms with van der Waals surface area (Å²) in [6.45, 7) is 9.13. The van der Waals surface area contributed by atoms with E-state index in [1.807, 2.05) is 0 Å². The zero-order chi connectivity index (χ0) is 89.5. The van der Waals surface area contributed by atoms with Crippen LogP contribution in [0, 0.1) is 11.8 Å². The molecule has 46 nitrogen and oxygen atoms in total. The number of aliphatic carboxylic acids is 2. The lowest BCUT2D eigenvalue weighted by Gasteiger charge is -2.28. The molecule has 32 N–H and O–H groups in total. The summed E-state index contributed by atoms with van der Waals surface area (Å²) in [4.78, 5) is 252. The number of aliphatic hydroxyl groups excluding tert-OH is 2. The molecule has 1 aliphatic rings. The number of carbonyl (C=O) groups excluding carboxylic acids is 16. The van der Waals surface area contributed by atoms with Gasteiger partial charge in [0.1, 0.15) is 84.3 Å². The van der Waals surface area contributed by atoms with Gasteiger partial charge < -0.3 is 140 Å². The van der Waals surface area contributed by atoms with Crippen molar-refractivity contribution in [2.24, 2.45) is 62.0 Å². The normalized spacial score (nSPS) is 16.4. The second kappa shape index (κ2) is 51.6. The number of aliphatic hydroxyl groups is 2. The molecule has 0 saturated carbocycles. The minimum atomic E-state index is -2.05. The summed E-state index contributed by atoms with van der Waals surface area (Å²) in [5.41, 5.74) is 38.8. The van der Waals surface area contributed by atoms with Gasteiger partial charge in [-0.2, -0.15) is 25.3 Å². The van der Waals surface area contributed by atoms with Crippen molar-refractivity contribution in [3.05, 3.63) is 29.8 Å². The third kappa shape index (κ3) is 36.8. The van der Waals surface area contributed by atoms with Gasteiger partial charge in [0, 0.05) is 44.0 Å². The zero-order valence-electron chi connectivity index (χ0n) is 66.5. The van der Waals surface area contributed by atoms with Gasteiger partial charge in [-0.3, -0.25) is 91.5 Å². The predicted molar refractivity (Wildman–Crippen MR) is 428 cm³/mol. The molecular formula is C70H115N23O23S2. The van der Waals surface area contributed by atoms with Crippen LogP contribution in [0.1, 0.15) is 131 Å². The number of primary amides is 2. The first-order valence-electron chi connectivity index (χ1n) is 37.7. The summed E-state index contributed by atoms with van der Waals surface area (Å²) in [6, 6.07) is -17.6. The lowest BCUT2D eigenvalue weighted by Crippen LogP contribution is -2.62. The second-order valence-electron chi connectivity index (χ2n) is 28.5. The van der Waals surface area contributed by atoms with Crippen LogP contribution in [0.5, 0.6) is 5.75 Å². The van der Waals surface area contributed by atoms with Gasteiger partial charge in [0.15, 0.2) is 11.9 Å². The van der Waals surface area contributed by atoms with Crippen LogP contribution in [-0.4, -0.2) is 283 Å². The number of carbonyl (C=O) groups is 18. The zero-order valence-corrected chi connectivity index (χ0v) is 68.3. The quantitative estimate of drug-likeness (QED) is 0.0125. The molecule has 0 unspecified atom stereocenters. The van der Waals surface area contributed by atoms with Crippen LogP contribution in [0.4, 0.5) is 0 Å². The van der Waals surface area contributed by atoms with Crippen LogP contribution in [0.15, 0.2) is 34.3 Å². The number of nitrogens with zero attached hydrogens (tertiary/aromatic N) is 3. The van der Waals surface area contributed by atoms with Crippen LogP contribution in [0.3, 0.4) is 0 Å². The fourth-order valence-electron chi connectivity index (χ4n) is 11.5. The summed E-state index contributed by atoms with van der Waals surface area (Å²) in [5, 5.41) is 81.3. The highest BCUT2D eigenvalue weighted by atomic mass is 32.1. The van der Waals surface area contributed by atoms with Crippen molar-refractivity contribution in [3.63, 3.8) is 0 Å². The molecule has 1 aromatic rings. The van der Waals surface area contributed by atoms with Gasteiger partial charge in [-0.25, -0.2) is 4.79 Å². The Balaban J connectivity index is 2.41. The van der Waals surface area contributed by atoms with Gasteiger partial charge in [0.05, 0.1) is 37.6 Å². The molecule has 1 fully saturated rings. The molecule has 0 aromatic heterocycles. The number of nitrogens with two attached hydrogens (primary N) is 7. The van der Waals surface area contributed by atoms with Crippen LogP contribution in [0.25, 0.3) is 0 Å². The molecule has 1 heterocycles. The Labute approximate surface area is 690 Å². The van der Waals surface area contributed by atoms with E-state index in [0.29, 0.717) is 12.8 Å². The third-order valence-electron chi connectivity index (χ3n) is 18.2. The first-order chi connectivity index (χ1) is 55.2. The Morgan fingerprint density at radius 1 is 0.500 bits per heavy atom. The average Bonchev–Trinajstić information content (AvgIpc) is 0.934. The van der Waals surface area contributed by atoms with Crippen LogP contribution in [-0.2, 0) is 92.7 Å². The van der Waals surface area contributed by atoms with Crippen molar-refractivity contribution in [1.29, 1.82) is 0 Å². The largest absolute Gasteiger partial charge is 0.508 e. The fraction of sp³-hybridized carbons (Fsp3) is 0.629. The number of rotatable bonds is 53. The predicted octanol–water partition coefficient (Wildman–Crippen LogP) is -10.3. The number of aliphatic imine (C=N–C) groups is 2. The van der Waals surface area contributed by atoms with Gasteiger partial charge >= 0.3 is 11.9 Å². The van der Waals surface area contributed by atoms with Crippen molar-refractivity contribution < 1.29 is 112 Å². The first kappa shape index (κ1) is 103. The first-order valence-corrected chi connectivity index (χ1v) is 39.0. The Bertz CT molecular complexity index is 3740. The molecule has 2 rings (SSSR count). The molecule has 1 aromatic carbocycles. The number of phenols is 1. The van der Waals surface area contributed by atoms with Gasteiger partial charge in [0.25, 0.3) is 0 Å². The topological polar surface area (TPSA) is 775 Å². The molecule has 16 amide bonds. The molecule has 0 aliphatic carbocycles.